The van der Waals surface area contributed by atoms with Crippen molar-refractivity contribution in [1.29, 1.82) is 0 Å². The first-order valence-electron chi connectivity index (χ1n) is 9.19. The second-order valence-corrected chi connectivity index (χ2v) is 9.18. The molecule has 0 spiro atoms. The number of sulfonamides is 1. The van der Waals surface area contributed by atoms with Gasteiger partial charge >= 0.3 is 0 Å². The number of non-ortho nitro benzene ring substituents is 1. The summed E-state index contributed by atoms with van der Waals surface area (Å²) in [5, 5.41) is 13.7. The van der Waals surface area contributed by atoms with E-state index in [2.05, 4.69) is 14.1 Å². The third kappa shape index (κ3) is 3.82. The molecule has 0 bridgehead atoms. The van der Waals surface area contributed by atoms with Crippen LogP contribution >= 0.6 is 11.7 Å². The lowest BCUT2D eigenvalue weighted by Gasteiger charge is -2.23. The zero-order valence-corrected chi connectivity index (χ0v) is 17.9. The zero-order chi connectivity index (χ0) is 22.2. The van der Waals surface area contributed by atoms with Crippen LogP contribution in [-0.4, -0.2) is 52.0 Å². The van der Waals surface area contributed by atoms with Crippen molar-refractivity contribution < 1.29 is 22.9 Å². The topological polar surface area (TPSA) is 145 Å². The number of hydrogen-bond donors (Lipinski definition) is 1. The molecule has 3 aromatic rings. The SMILES string of the molecule is COc1ccc([N+](=O)[O-])cc1NC(=O)[C@H]1CCCN1S(=O)(=O)c1cccc2nsnc12. The predicted molar refractivity (Wildman–Crippen MR) is 113 cm³/mol. The maximum Gasteiger partial charge on any atom is 0.271 e. The number of aromatic nitrogens is 2. The Hall–Kier alpha value is -3.16. The molecular weight excluding hydrogens is 446 g/mol. The maximum absolute atomic E-state index is 13.3. The average Bonchev–Trinajstić information content (AvgIpc) is 3.43. The maximum atomic E-state index is 13.3. The quantitative estimate of drug-likeness (QED) is 0.433. The number of carbonyl (C=O) groups excluding carboxylic acids is 1. The van der Waals surface area contributed by atoms with Crippen LogP contribution in [0.4, 0.5) is 11.4 Å². The van der Waals surface area contributed by atoms with E-state index in [0.717, 1.165) is 16.0 Å². The highest BCUT2D eigenvalue weighted by atomic mass is 32.2. The van der Waals surface area contributed by atoms with Gasteiger partial charge in [-0.3, -0.25) is 14.9 Å². The molecule has 1 fully saturated rings. The van der Waals surface area contributed by atoms with Crippen LogP contribution in [-0.2, 0) is 14.8 Å². The molecule has 1 atom stereocenters. The number of carbonyl (C=O) groups is 1. The minimum atomic E-state index is -4.02. The van der Waals surface area contributed by atoms with Crippen LogP contribution in [0.15, 0.2) is 41.3 Å². The molecule has 13 heteroatoms. The Morgan fingerprint density at radius 3 is 2.87 bits per heavy atom. The van der Waals surface area contributed by atoms with Gasteiger partial charge in [-0.25, -0.2) is 8.42 Å². The van der Waals surface area contributed by atoms with E-state index in [1.54, 1.807) is 12.1 Å². The third-order valence-electron chi connectivity index (χ3n) is 4.99. The smallest absolute Gasteiger partial charge is 0.271 e. The first-order valence-corrected chi connectivity index (χ1v) is 11.4. The monoisotopic (exact) mass is 463 g/mol. The molecule has 1 saturated heterocycles. The first-order chi connectivity index (χ1) is 14.8. The molecule has 1 amide bonds. The van der Waals surface area contributed by atoms with Crippen molar-refractivity contribution in [3.63, 3.8) is 0 Å². The average molecular weight is 463 g/mol. The van der Waals surface area contributed by atoms with E-state index in [1.807, 2.05) is 0 Å². The van der Waals surface area contributed by atoms with Gasteiger partial charge in [0.15, 0.2) is 0 Å². The Morgan fingerprint density at radius 1 is 1.32 bits per heavy atom. The van der Waals surface area contributed by atoms with Crippen LogP contribution in [0.3, 0.4) is 0 Å². The van der Waals surface area contributed by atoms with Crippen molar-refractivity contribution in [2.45, 2.75) is 23.8 Å². The van der Waals surface area contributed by atoms with Gasteiger partial charge in [0.05, 0.1) is 29.4 Å². The number of amides is 1. The Balaban J connectivity index is 1.65. The molecule has 2 aromatic carbocycles. The largest absolute Gasteiger partial charge is 0.495 e. The fraction of sp³-hybridized carbons (Fsp3) is 0.278. The fourth-order valence-electron chi connectivity index (χ4n) is 3.53. The number of nitro groups is 1. The number of nitrogens with zero attached hydrogens (tertiary/aromatic N) is 4. The van der Waals surface area contributed by atoms with Gasteiger partial charge in [-0.05, 0) is 31.0 Å². The molecule has 11 nitrogen and oxygen atoms in total. The van der Waals surface area contributed by atoms with Crippen molar-refractivity contribution in [1.82, 2.24) is 13.1 Å². The van der Waals surface area contributed by atoms with E-state index in [9.17, 15) is 23.3 Å². The number of ether oxygens (including phenoxy) is 1. The lowest BCUT2D eigenvalue weighted by Crippen LogP contribution is -2.43. The predicted octanol–water partition coefficient (Wildman–Crippen LogP) is 2.40. The van der Waals surface area contributed by atoms with Crippen molar-refractivity contribution in [2.24, 2.45) is 0 Å². The van der Waals surface area contributed by atoms with E-state index in [4.69, 9.17) is 4.74 Å². The van der Waals surface area contributed by atoms with E-state index < -0.39 is 26.9 Å². The summed E-state index contributed by atoms with van der Waals surface area (Å²) in [6.45, 7) is 0.167. The van der Waals surface area contributed by atoms with Crippen molar-refractivity contribution >= 4 is 50.1 Å². The summed E-state index contributed by atoms with van der Waals surface area (Å²) < 4.78 is 41.2. The molecule has 1 aromatic heterocycles. The molecular formula is C18H17N5O6S2. The van der Waals surface area contributed by atoms with Crippen LogP contribution in [0.1, 0.15) is 12.8 Å². The number of nitrogens with one attached hydrogen (secondary N) is 1. The summed E-state index contributed by atoms with van der Waals surface area (Å²) in [5.41, 5.74) is 0.595. The number of rotatable bonds is 6. The molecule has 1 aliphatic heterocycles. The Bertz CT molecular complexity index is 1280. The van der Waals surface area contributed by atoms with Crippen LogP contribution in [0, 0.1) is 10.1 Å². The van der Waals surface area contributed by atoms with Gasteiger partial charge < -0.3 is 10.1 Å². The molecule has 2 heterocycles. The van der Waals surface area contributed by atoms with Crippen molar-refractivity contribution in [3.8, 4) is 5.75 Å². The van der Waals surface area contributed by atoms with E-state index in [0.29, 0.717) is 18.4 Å². The standard InChI is InChI=1S/C18H17N5O6S2/c1-29-15-8-7-11(23(25)26)10-13(15)19-18(24)14-5-3-9-22(14)31(27,28)16-6-2-4-12-17(16)21-30-20-12/h2,4,6-8,10,14H,3,5,9H2,1H3,(H,19,24)/t14-/m1/s1. The molecule has 162 valence electrons. The Morgan fingerprint density at radius 2 is 2.13 bits per heavy atom. The summed E-state index contributed by atoms with van der Waals surface area (Å²) in [6, 6.07) is 7.50. The second kappa shape index (κ2) is 8.17. The molecule has 4 rings (SSSR count). The summed E-state index contributed by atoms with van der Waals surface area (Å²) in [7, 11) is -2.66. The molecule has 1 aliphatic rings. The highest BCUT2D eigenvalue weighted by molar-refractivity contribution is 7.89. The third-order valence-corrected chi connectivity index (χ3v) is 7.48. The number of hydrogen-bond acceptors (Lipinski definition) is 9. The van der Waals surface area contributed by atoms with Crippen molar-refractivity contribution in [2.75, 3.05) is 19.0 Å². The molecule has 0 aliphatic carbocycles. The van der Waals surface area contributed by atoms with Gasteiger partial charge in [-0.15, -0.1) is 0 Å². The summed E-state index contributed by atoms with van der Waals surface area (Å²) in [4.78, 5) is 23.5. The van der Waals surface area contributed by atoms with Gasteiger partial charge in [0.2, 0.25) is 15.9 Å². The second-order valence-electron chi connectivity index (χ2n) is 6.79. The molecule has 0 unspecified atom stereocenters. The normalized spacial score (nSPS) is 17.0. The van der Waals surface area contributed by atoms with E-state index in [1.165, 1.54) is 31.4 Å². The van der Waals surface area contributed by atoms with Gasteiger partial charge in [-0.2, -0.15) is 13.1 Å². The molecule has 31 heavy (non-hydrogen) atoms. The fourth-order valence-corrected chi connectivity index (χ4v) is 5.94. The lowest BCUT2D eigenvalue weighted by molar-refractivity contribution is -0.384. The number of anilines is 1. The highest BCUT2D eigenvalue weighted by Gasteiger charge is 2.40. The summed E-state index contributed by atoms with van der Waals surface area (Å²) in [5.74, 6) is -0.367. The lowest BCUT2D eigenvalue weighted by atomic mass is 10.2. The minimum absolute atomic E-state index is 0.00798. The van der Waals surface area contributed by atoms with Gasteiger partial charge in [0, 0.05) is 18.7 Å². The molecule has 0 radical (unpaired) electrons. The van der Waals surface area contributed by atoms with Gasteiger partial charge in [-0.1, -0.05) is 6.07 Å². The van der Waals surface area contributed by atoms with Crippen LogP contribution in [0.25, 0.3) is 11.0 Å². The van der Waals surface area contributed by atoms with Crippen LogP contribution < -0.4 is 10.1 Å². The summed E-state index contributed by atoms with van der Waals surface area (Å²) in [6.07, 6.45) is 0.808. The Labute approximate surface area is 181 Å². The van der Waals surface area contributed by atoms with Gasteiger partial charge in [0.25, 0.3) is 5.69 Å². The van der Waals surface area contributed by atoms with E-state index in [-0.39, 0.29) is 34.1 Å². The van der Waals surface area contributed by atoms with Crippen LogP contribution in [0.2, 0.25) is 0 Å². The van der Waals surface area contributed by atoms with Crippen molar-refractivity contribution in [3.05, 3.63) is 46.5 Å². The summed E-state index contributed by atoms with van der Waals surface area (Å²) >= 11 is 0.911. The zero-order valence-electron chi connectivity index (χ0n) is 16.2. The highest BCUT2D eigenvalue weighted by Crippen LogP contribution is 2.33. The Kier molecular flexibility index (Phi) is 5.56. The number of nitro benzene ring substituents is 1. The number of methoxy groups -OCH3 is 1. The molecule has 1 N–H and O–H groups in total. The number of fused-ring (bicyclic) bond motifs is 1. The van der Waals surface area contributed by atoms with E-state index >= 15 is 0 Å². The number of benzene rings is 2. The molecule has 0 saturated carbocycles. The van der Waals surface area contributed by atoms with Gasteiger partial charge in [0.1, 0.15) is 27.7 Å². The minimum Gasteiger partial charge on any atom is -0.495 e. The first kappa shape index (κ1) is 21.1. The van der Waals surface area contributed by atoms with Crippen LogP contribution in [0.5, 0.6) is 5.75 Å².